The van der Waals surface area contributed by atoms with Crippen molar-refractivity contribution in [3.63, 3.8) is 0 Å². The van der Waals surface area contributed by atoms with E-state index in [4.69, 9.17) is 39.5 Å². The number of unbranched alkanes of at least 4 members (excludes halogenated alkanes) is 1. The van der Waals surface area contributed by atoms with E-state index in [0.29, 0.717) is 22.2 Å². The molecule has 0 aromatic heterocycles. The highest BCUT2D eigenvalue weighted by Gasteiger charge is 2.21. The molecule has 17 heavy (non-hydrogen) atoms. The summed E-state index contributed by atoms with van der Waals surface area (Å²) in [6, 6.07) is 4.81. The summed E-state index contributed by atoms with van der Waals surface area (Å²) in [4.78, 5) is 11.6. The predicted octanol–water partition coefficient (Wildman–Crippen LogP) is 4.62. The number of carbonyl (C=O) groups excluding carboxylic acids is 1. The molecule has 1 atom stereocenters. The molecular weight excluding hydrogens is 282 g/mol. The summed E-state index contributed by atoms with van der Waals surface area (Å²) in [5.41, 5.74) is 0.513. The van der Waals surface area contributed by atoms with E-state index in [1.54, 1.807) is 18.2 Å². The van der Waals surface area contributed by atoms with Crippen molar-refractivity contribution < 1.29 is 9.53 Å². The van der Waals surface area contributed by atoms with E-state index in [-0.39, 0.29) is 0 Å². The molecule has 0 aliphatic carbocycles. The van der Waals surface area contributed by atoms with Crippen molar-refractivity contribution in [3.05, 3.63) is 33.8 Å². The number of rotatable bonds is 5. The Labute approximate surface area is 116 Å². The van der Waals surface area contributed by atoms with Crippen molar-refractivity contribution in [1.29, 1.82) is 0 Å². The SMILES string of the molecule is CCCCOC(=O)C(Cl)c1ccc(Cl)cc1Cl. The summed E-state index contributed by atoms with van der Waals surface area (Å²) in [6.45, 7) is 2.39. The van der Waals surface area contributed by atoms with Gasteiger partial charge in [-0.05, 0) is 24.1 Å². The maximum absolute atomic E-state index is 11.6. The van der Waals surface area contributed by atoms with Gasteiger partial charge in [-0.2, -0.15) is 0 Å². The summed E-state index contributed by atoms with van der Waals surface area (Å²) < 4.78 is 5.02. The second-order valence-corrected chi connectivity index (χ2v) is 4.83. The van der Waals surface area contributed by atoms with Crippen LogP contribution in [0.4, 0.5) is 0 Å². The molecule has 0 heterocycles. The van der Waals surface area contributed by atoms with Gasteiger partial charge in [0.25, 0.3) is 0 Å². The molecule has 1 rings (SSSR count). The van der Waals surface area contributed by atoms with E-state index >= 15 is 0 Å². The topological polar surface area (TPSA) is 26.3 Å². The van der Waals surface area contributed by atoms with Gasteiger partial charge >= 0.3 is 5.97 Å². The van der Waals surface area contributed by atoms with Gasteiger partial charge in [0.05, 0.1) is 6.61 Å². The summed E-state index contributed by atoms with van der Waals surface area (Å²) >= 11 is 17.7. The second kappa shape index (κ2) is 7.10. The van der Waals surface area contributed by atoms with Crippen LogP contribution in [-0.4, -0.2) is 12.6 Å². The fourth-order valence-corrected chi connectivity index (χ4v) is 2.05. The number of hydrogen-bond donors (Lipinski definition) is 0. The molecule has 0 aliphatic rings. The first-order chi connectivity index (χ1) is 8.06. The van der Waals surface area contributed by atoms with Crippen molar-refractivity contribution in [3.8, 4) is 0 Å². The monoisotopic (exact) mass is 294 g/mol. The molecule has 2 nitrogen and oxygen atoms in total. The van der Waals surface area contributed by atoms with Crippen molar-refractivity contribution in [1.82, 2.24) is 0 Å². The van der Waals surface area contributed by atoms with Crippen molar-refractivity contribution >= 4 is 40.8 Å². The van der Waals surface area contributed by atoms with E-state index in [2.05, 4.69) is 0 Å². The summed E-state index contributed by atoms with van der Waals surface area (Å²) in [5, 5.41) is -0.0245. The van der Waals surface area contributed by atoms with Gasteiger partial charge in [0.2, 0.25) is 0 Å². The highest BCUT2D eigenvalue weighted by Crippen LogP contribution is 2.30. The lowest BCUT2D eigenvalue weighted by Gasteiger charge is -2.11. The Balaban J connectivity index is 2.68. The summed E-state index contributed by atoms with van der Waals surface area (Å²) in [5.74, 6) is -0.482. The van der Waals surface area contributed by atoms with Gasteiger partial charge in [-0.25, -0.2) is 0 Å². The van der Waals surface area contributed by atoms with Crippen LogP contribution in [0.1, 0.15) is 30.7 Å². The van der Waals surface area contributed by atoms with Crippen LogP contribution in [0.3, 0.4) is 0 Å². The Kier molecular flexibility index (Phi) is 6.10. The van der Waals surface area contributed by atoms with E-state index in [1.807, 2.05) is 6.92 Å². The van der Waals surface area contributed by atoms with Crippen molar-refractivity contribution in [2.45, 2.75) is 25.1 Å². The predicted molar refractivity (Wildman–Crippen MR) is 70.9 cm³/mol. The Bertz CT molecular complexity index is 393. The smallest absolute Gasteiger partial charge is 0.328 e. The van der Waals surface area contributed by atoms with Crippen LogP contribution in [0.15, 0.2) is 18.2 Å². The van der Waals surface area contributed by atoms with Gasteiger partial charge < -0.3 is 4.74 Å². The zero-order valence-corrected chi connectivity index (χ0v) is 11.6. The highest BCUT2D eigenvalue weighted by molar-refractivity contribution is 6.37. The molecule has 5 heteroatoms. The standard InChI is InChI=1S/C12H13Cl3O2/c1-2-3-6-17-12(16)11(15)9-5-4-8(13)7-10(9)14/h4-5,7,11H,2-3,6H2,1H3. The first kappa shape index (κ1) is 14.6. The van der Waals surface area contributed by atoms with Crippen LogP contribution >= 0.6 is 34.8 Å². The summed E-state index contributed by atoms with van der Waals surface area (Å²) in [7, 11) is 0. The minimum atomic E-state index is -0.892. The molecule has 1 aromatic carbocycles. The third-order valence-electron chi connectivity index (χ3n) is 2.18. The van der Waals surface area contributed by atoms with Gasteiger partial charge in [0, 0.05) is 10.0 Å². The third-order valence-corrected chi connectivity index (χ3v) is 3.16. The van der Waals surface area contributed by atoms with Crippen molar-refractivity contribution in [2.75, 3.05) is 6.61 Å². The molecule has 0 saturated carbocycles. The number of esters is 1. The van der Waals surface area contributed by atoms with Gasteiger partial charge in [-0.15, -0.1) is 11.6 Å². The number of benzene rings is 1. The first-order valence-corrected chi connectivity index (χ1v) is 6.51. The molecule has 0 radical (unpaired) electrons. The van der Waals surface area contributed by atoms with Gasteiger partial charge in [-0.3, -0.25) is 4.79 Å². The highest BCUT2D eigenvalue weighted by atomic mass is 35.5. The number of hydrogen-bond acceptors (Lipinski definition) is 2. The maximum Gasteiger partial charge on any atom is 0.328 e. The second-order valence-electron chi connectivity index (χ2n) is 3.55. The fourth-order valence-electron chi connectivity index (χ4n) is 1.22. The largest absolute Gasteiger partial charge is 0.464 e. The molecule has 0 aliphatic heterocycles. The normalized spacial score (nSPS) is 12.2. The molecule has 0 spiro atoms. The number of ether oxygens (including phenoxy) is 1. The van der Waals surface area contributed by atoms with Crippen LogP contribution in [0, 0.1) is 0 Å². The molecule has 0 N–H and O–H groups in total. The minimum Gasteiger partial charge on any atom is -0.464 e. The van der Waals surface area contributed by atoms with Gasteiger partial charge in [0.15, 0.2) is 5.38 Å². The van der Waals surface area contributed by atoms with E-state index < -0.39 is 11.3 Å². The number of halogens is 3. The summed E-state index contributed by atoms with van der Waals surface area (Å²) in [6.07, 6.45) is 1.78. The Morgan fingerprint density at radius 1 is 1.41 bits per heavy atom. The fraction of sp³-hybridized carbons (Fsp3) is 0.417. The maximum atomic E-state index is 11.6. The molecule has 0 bridgehead atoms. The Hall–Kier alpha value is -0.440. The average Bonchev–Trinajstić information content (AvgIpc) is 2.28. The van der Waals surface area contributed by atoms with Crippen molar-refractivity contribution in [2.24, 2.45) is 0 Å². The Morgan fingerprint density at radius 2 is 2.12 bits per heavy atom. The van der Waals surface area contributed by atoms with Crippen LogP contribution in [-0.2, 0) is 9.53 Å². The van der Waals surface area contributed by atoms with E-state index in [0.717, 1.165) is 12.8 Å². The molecule has 1 unspecified atom stereocenters. The Morgan fingerprint density at radius 3 is 2.71 bits per heavy atom. The lowest BCUT2D eigenvalue weighted by atomic mass is 10.1. The number of alkyl halides is 1. The third kappa shape index (κ3) is 4.38. The van der Waals surface area contributed by atoms with Crippen LogP contribution in [0.2, 0.25) is 10.0 Å². The molecular formula is C12H13Cl3O2. The van der Waals surface area contributed by atoms with Crippen LogP contribution in [0.5, 0.6) is 0 Å². The van der Waals surface area contributed by atoms with Crippen LogP contribution in [0.25, 0.3) is 0 Å². The lowest BCUT2D eigenvalue weighted by molar-refractivity contribution is -0.143. The lowest BCUT2D eigenvalue weighted by Crippen LogP contribution is -2.12. The zero-order chi connectivity index (χ0) is 12.8. The van der Waals surface area contributed by atoms with E-state index in [9.17, 15) is 4.79 Å². The molecule has 0 fully saturated rings. The molecule has 0 saturated heterocycles. The molecule has 0 amide bonds. The minimum absolute atomic E-state index is 0.366. The quantitative estimate of drug-likeness (QED) is 0.450. The molecule has 94 valence electrons. The van der Waals surface area contributed by atoms with E-state index in [1.165, 1.54) is 0 Å². The molecule has 1 aromatic rings. The first-order valence-electron chi connectivity index (χ1n) is 5.32. The number of carbonyl (C=O) groups is 1. The average molecular weight is 296 g/mol. The zero-order valence-electron chi connectivity index (χ0n) is 9.38. The van der Waals surface area contributed by atoms with Crippen LogP contribution < -0.4 is 0 Å². The van der Waals surface area contributed by atoms with Gasteiger partial charge in [0.1, 0.15) is 0 Å². The van der Waals surface area contributed by atoms with Gasteiger partial charge in [-0.1, -0.05) is 42.6 Å².